The molecule has 1 amide bonds. The summed E-state index contributed by atoms with van der Waals surface area (Å²) in [5.74, 6) is 0.0567. The summed E-state index contributed by atoms with van der Waals surface area (Å²) >= 11 is 0. The van der Waals surface area contributed by atoms with Crippen LogP contribution in [0.2, 0.25) is 0 Å². The third-order valence-corrected chi connectivity index (χ3v) is 5.65. The second kappa shape index (κ2) is 7.88. The monoisotopic (exact) mass is 374 g/mol. The first-order chi connectivity index (χ1) is 12.4. The summed E-state index contributed by atoms with van der Waals surface area (Å²) in [7, 11) is -3.62. The van der Waals surface area contributed by atoms with E-state index >= 15 is 0 Å². The predicted molar refractivity (Wildman–Crippen MR) is 99.5 cm³/mol. The number of benzene rings is 2. The highest BCUT2D eigenvalue weighted by atomic mass is 32.2. The molecule has 3 rings (SSSR count). The molecule has 1 aliphatic heterocycles. The van der Waals surface area contributed by atoms with Crippen molar-refractivity contribution in [3.8, 4) is 0 Å². The highest BCUT2D eigenvalue weighted by Crippen LogP contribution is 2.17. The van der Waals surface area contributed by atoms with Crippen LogP contribution in [0, 0.1) is 6.92 Å². The molecule has 0 spiro atoms. The molecular weight excluding hydrogens is 352 g/mol. The number of anilines is 1. The molecule has 6 nitrogen and oxygen atoms in total. The molecule has 138 valence electrons. The molecule has 0 saturated carbocycles. The van der Waals surface area contributed by atoms with Crippen molar-refractivity contribution in [2.24, 2.45) is 0 Å². The Balaban J connectivity index is 1.63. The number of hydrogen-bond acceptors (Lipinski definition) is 4. The number of amides is 1. The fraction of sp³-hybridized carbons (Fsp3) is 0.316. The number of hydrogen-bond donors (Lipinski definition) is 1. The molecule has 0 unspecified atom stereocenters. The van der Waals surface area contributed by atoms with Crippen LogP contribution in [0.3, 0.4) is 0 Å². The van der Waals surface area contributed by atoms with Gasteiger partial charge in [-0.05, 0) is 36.8 Å². The number of nitrogens with one attached hydrogen (secondary N) is 1. The minimum Gasteiger partial charge on any atom is -0.378 e. The first-order valence-corrected chi connectivity index (χ1v) is 9.96. The van der Waals surface area contributed by atoms with Crippen molar-refractivity contribution in [2.75, 3.05) is 31.0 Å². The van der Waals surface area contributed by atoms with Crippen LogP contribution in [0.25, 0.3) is 0 Å². The molecular formula is C19H22N2O4S. The van der Waals surface area contributed by atoms with Crippen LogP contribution in [-0.2, 0) is 26.0 Å². The lowest BCUT2D eigenvalue weighted by molar-refractivity contribution is -0.134. The quantitative estimate of drug-likeness (QED) is 0.871. The number of aryl methyl sites for hydroxylation is 1. The van der Waals surface area contributed by atoms with Gasteiger partial charge in [0.2, 0.25) is 5.91 Å². The van der Waals surface area contributed by atoms with E-state index in [-0.39, 0.29) is 10.8 Å². The van der Waals surface area contributed by atoms with Gasteiger partial charge in [0.15, 0.2) is 0 Å². The second-order valence-electron chi connectivity index (χ2n) is 6.29. The van der Waals surface area contributed by atoms with Gasteiger partial charge in [-0.3, -0.25) is 9.52 Å². The Morgan fingerprint density at radius 2 is 1.65 bits per heavy atom. The molecule has 0 bridgehead atoms. The molecule has 7 heteroatoms. The summed E-state index contributed by atoms with van der Waals surface area (Å²) in [6.07, 6.45) is 0.297. The maximum Gasteiger partial charge on any atom is 0.261 e. The van der Waals surface area contributed by atoms with Gasteiger partial charge in [-0.1, -0.05) is 29.8 Å². The highest BCUT2D eigenvalue weighted by Gasteiger charge is 2.17. The Labute approximate surface area is 153 Å². The first-order valence-electron chi connectivity index (χ1n) is 8.48. The fourth-order valence-electron chi connectivity index (χ4n) is 2.72. The van der Waals surface area contributed by atoms with Crippen molar-refractivity contribution in [3.63, 3.8) is 0 Å². The predicted octanol–water partition coefficient (Wildman–Crippen LogP) is 2.20. The van der Waals surface area contributed by atoms with Crippen LogP contribution in [0.5, 0.6) is 0 Å². The molecule has 0 atom stereocenters. The maximum atomic E-state index is 12.4. The van der Waals surface area contributed by atoms with E-state index in [1.54, 1.807) is 53.4 Å². The number of rotatable bonds is 5. The average Bonchev–Trinajstić information content (AvgIpc) is 2.64. The molecule has 0 aromatic heterocycles. The van der Waals surface area contributed by atoms with E-state index in [1.807, 2.05) is 6.92 Å². The Kier molecular flexibility index (Phi) is 5.58. The molecule has 26 heavy (non-hydrogen) atoms. The van der Waals surface area contributed by atoms with Gasteiger partial charge in [0.05, 0.1) is 24.5 Å². The van der Waals surface area contributed by atoms with Crippen LogP contribution >= 0.6 is 0 Å². The number of carbonyl (C=O) groups excluding carboxylic acids is 1. The molecule has 1 saturated heterocycles. The molecule has 1 aliphatic rings. The SMILES string of the molecule is Cc1ccc(S(=O)(=O)Nc2ccc(CC(=O)N3CCOCC3)cc2)cc1. The zero-order chi connectivity index (χ0) is 18.6. The minimum atomic E-state index is -3.62. The topological polar surface area (TPSA) is 75.7 Å². The van der Waals surface area contributed by atoms with E-state index in [9.17, 15) is 13.2 Å². The summed E-state index contributed by atoms with van der Waals surface area (Å²) in [4.78, 5) is 14.3. The molecule has 0 radical (unpaired) electrons. The zero-order valence-electron chi connectivity index (χ0n) is 14.6. The summed E-state index contributed by atoms with van der Waals surface area (Å²) in [5, 5.41) is 0. The molecule has 0 aliphatic carbocycles. The lowest BCUT2D eigenvalue weighted by Gasteiger charge is -2.26. The molecule has 1 N–H and O–H groups in total. The van der Waals surface area contributed by atoms with Crippen LogP contribution in [0.15, 0.2) is 53.4 Å². The Morgan fingerprint density at radius 3 is 2.27 bits per heavy atom. The lowest BCUT2D eigenvalue weighted by Crippen LogP contribution is -2.41. The van der Waals surface area contributed by atoms with Gasteiger partial charge in [0.1, 0.15) is 0 Å². The average molecular weight is 374 g/mol. The van der Waals surface area contributed by atoms with E-state index < -0.39 is 10.0 Å². The van der Waals surface area contributed by atoms with Crippen molar-refractivity contribution in [1.29, 1.82) is 0 Å². The van der Waals surface area contributed by atoms with Gasteiger partial charge in [0.25, 0.3) is 10.0 Å². The van der Waals surface area contributed by atoms with Gasteiger partial charge in [-0.15, -0.1) is 0 Å². The summed E-state index contributed by atoms with van der Waals surface area (Å²) in [6.45, 7) is 4.29. The van der Waals surface area contributed by atoms with Gasteiger partial charge >= 0.3 is 0 Å². The van der Waals surface area contributed by atoms with Gasteiger partial charge in [0, 0.05) is 18.8 Å². The van der Waals surface area contributed by atoms with Crippen LogP contribution in [-0.4, -0.2) is 45.5 Å². The van der Waals surface area contributed by atoms with Crippen molar-refractivity contribution in [3.05, 3.63) is 59.7 Å². The summed E-state index contributed by atoms with van der Waals surface area (Å²) in [5.41, 5.74) is 2.31. The van der Waals surface area contributed by atoms with Crippen LogP contribution in [0.1, 0.15) is 11.1 Å². The Bertz CT molecular complexity index is 855. The number of ether oxygens (including phenoxy) is 1. The van der Waals surface area contributed by atoms with Crippen molar-refractivity contribution in [2.45, 2.75) is 18.2 Å². The van der Waals surface area contributed by atoms with Crippen LogP contribution in [0.4, 0.5) is 5.69 Å². The molecule has 2 aromatic rings. The second-order valence-corrected chi connectivity index (χ2v) is 7.97. The van der Waals surface area contributed by atoms with E-state index in [1.165, 1.54) is 0 Å². The molecule has 1 fully saturated rings. The molecule has 2 aromatic carbocycles. The fourth-order valence-corrected chi connectivity index (χ4v) is 3.78. The van der Waals surface area contributed by atoms with Gasteiger partial charge in [-0.2, -0.15) is 0 Å². The van der Waals surface area contributed by atoms with E-state index in [2.05, 4.69) is 4.72 Å². The first kappa shape index (κ1) is 18.4. The Hall–Kier alpha value is -2.38. The third kappa shape index (κ3) is 4.62. The normalized spacial score (nSPS) is 14.9. The molecule has 1 heterocycles. The van der Waals surface area contributed by atoms with Gasteiger partial charge in [-0.25, -0.2) is 8.42 Å². The zero-order valence-corrected chi connectivity index (χ0v) is 15.5. The van der Waals surface area contributed by atoms with Crippen molar-refractivity contribution >= 4 is 21.6 Å². The van der Waals surface area contributed by atoms with E-state index in [0.29, 0.717) is 38.4 Å². The number of sulfonamides is 1. The highest BCUT2D eigenvalue weighted by molar-refractivity contribution is 7.92. The minimum absolute atomic E-state index is 0.0567. The number of carbonyl (C=O) groups is 1. The summed E-state index contributed by atoms with van der Waals surface area (Å²) in [6, 6.07) is 13.6. The van der Waals surface area contributed by atoms with Crippen molar-refractivity contribution in [1.82, 2.24) is 4.90 Å². The maximum absolute atomic E-state index is 12.4. The van der Waals surface area contributed by atoms with E-state index in [0.717, 1.165) is 11.1 Å². The smallest absolute Gasteiger partial charge is 0.261 e. The lowest BCUT2D eigenvalue weighted by atomic mass is 10.1. The largest absolute Gasteiger partial charge is 0.378 e. The number of nitrogens with zero attached hydrogens (tertiary/aromatic N) is 1. The summed E-state index contributed by atoms with van der Waals surface area (Å²) < 4.78 is 32.6. The third-order valence-electron chi connectivity index (χ3n) is 4.26. The van der Waals surface area contributed by atoms with Gasteiger partial charge < -0.3 is 9.64 Å². The standard InChI is InChI=1S/C19H22N2O4S/c1-15-2-8-18(9-3-15)26(23,24)20-17-6-4-16(5-7-17)14-19(22)21-10-12-25-13-11-21/h2-9,20H,10-14H2,1H3. The Morgan fingerprint density at radius 1 is 1.04 bits per heavy atom. The van der Waals surface area contributed by atoms with Crippen LogP contribution < -0.4 is 4.72 Å². The van der Waals surface area contributed by atoms with E-state index in [4.69, 9.17) is 4.74 Å². The number of morpholine rings is 1. The van der Waals surface area contributed by atoms with Crippen molar-refractivity contribution < 1.29 is 17.9 Å².